The van der Waals surface area contributed by atoms with Gasteiger partial charge in [0.1, 0.15) is 6.61 Å². The van der Waals surface area contributed by atoms with Crippen LogP contribution in [0.3, 0.4) is 0 Å². The number of benzene rings is 1. The molecule has 1 rings (SSSR count). The molecular weight excluding hydrogens is 316 g/mol. The Labute approximate surface area is 101 Å². The van der Waals surface area contributed by atoms with Gasteiger partial charge in [-0.05, 0) is 17.7 Å². The number of amides is 1. The van der Waals surface area contributed by atoms with Crippen LogP contribution in [0.4, 0.5) is 0 Å². The minimum Gasteiger partial charge on any atom is -0.367 e. The number of halogens is 2. The van der Waals surface area contributed by atoms with Gasteiger partial charge in [-0.1, -0.05) is 23.7 Å². The van der Waals surface area contributed by atoms with E-state index < -0.39 is 0 Å². The summed E-state index contributed by atoms with van der Waals surface area (Å²) in [7, 11) is 0. The second-order valence-corrected chi connectivity index (χ2v) is 3.61. The first-order valence-electron chi connectivity index (χ1n) is 3.94. The van der Waals surface area contributed by atoms with Crippen LogP contribution in [0, 0.1) is 0 Å². The average molecular weight is 326 g/mol. The predicted octanol–water partition coefficient (Wildman–Crippen LogP) is 2.32. The van der Waals surface area contributed by atoms with E-state index >= 15 is 0 Å². The highest BCUT2D eigenvalue weighted by Gasteiger charge is 1.98. The van der Waals surface area contributed by atoms with Crippen molar-refractivity contribution in [1.29, 1.82) is 0 Å². The lowest BCUT2D eigenvalue weighted by Gasteiger charge is -2.02. The topological polar surface area (TPSA) is 38.3 Å². The van der Waals surface area contributed by atoms with Crippen molar-refractivity contribution in [3.8, 4) is 0 Å². The maximum absolute atomic E-state index is 10.8. The van der Waals surface area contributed by atoms with Crippen molar-refractivity contribution in [3.05, 3.63) is 34.9 Å². The second-order valence-electron chi connectivity index (χ2n) is 2.64. The van der Waals surface area contributed by atoms with Crippen molar-refractivity contribution in [2.45, 2.75) is 6.61 Å². The molecule has 76 valence electrons. The number of ether oxygens (including phenoxy) is 1. The van der Waals surface area contributed by atoms with Crippen LogP contribution >= 0.6 is 34.5 Å². The number of hydrogen-bond acceptors (Lipinski definition) is 2. The Bertz CT molecular complexity index is 302. The molecule has 5 heteroatoms. The highest BCUT2D eigenvalue weighted by atomic mass is 127. The van der Waals surface area contributed by atoms with Gasteiger partial charge in [0.05, 0.1) is 29.5 Å². The molecule has 0 aliphatic rings. The van der Waals surface area contributed by atoms with Crippen LogP contribution in [-0.4, -0.2) is 12.5 Å². The molecule has 0 atom stereocenters. The summed E-state index contributed by atoms with van der Waals surface area (Å²) in [6, 6.07) is 7.31. The third-order valence-electron chi connectivity index (χ3n) is 1.52. The van der Waals surface area contributed by atoms with E-state index in [1.165, 1.54) is 0 Å². The van der Waals surface area contributed by atoms with Crippen molar-refractivity contribution in [1.82, 2.24) is 3.53 Å². The fourth-order valence-corrected chi connectivity index (χ4v) is 1.15. The lowest BCUT2D eigenvalue weighted by Crippen LogP contribution is -2.18. The maximum atomic E-state index is 10.8. The molecule has 1 aromatic carbocycles. The van der Waals surface area contributed by atoms with Crippen molar-refractivity contribution < 1.29 is 9.53 Å². The smallest absolute Gasteiger partial charge is 0.254 e. The minimum atomic E-state index is -0.139. The van der Waals surface area contributed by atoms with Crippen molar-refractivity contribution in [3.63, 3.8) is 0 Å². The highest BCUT2D eigenvalue weighted by molar-refractivity contribution is 14.1. The largest absolute Gasteiger partial charge is 0.367 e. The van der Waals surface area contributed by atoms with E-state index in [2.05, 4.69) is 3.53 Å². The zero-order valence-corrected chi connectivity index (χ0v) is 10.2. The zero-order valence-electron chi connectivity index (χ0n) is 7.30. The molecule has 1 aromatic rings. The monoisotopic (exact) mass is 325 g/mol. The number of carbonyl (C=O) groups excluding carboxylic acids is 1. The lowest BCUT2D eigenvalue weighted by molar-refractivity contribution is -0.123. The highest BCUT2D eigenvalue weighted by Crippen LogP contribution is 2.09. The molecule has 0 fully saturated rings. The van der Waals surface area contributed by atoms with Crippen LogP contribution in [0.15, 0.2) is 24.3 Å². The summed E-state index contributed by atoms with van der Waals surface area (Å²) in [6.45, 7) is 0.493. The molecule has 0 radical (unpaired) electrons. The Morgan fingerprint density at radius 1 is 1.43 bits per heavy atom. The molecule has 0 unspecified atom stereocenters. The average Bonchev–Trinajstić information content (AvgIpc) is 2.21. The van der Waals surface area contributed by atoms with E-state index in [-0.39, 0.29) is 12.5 Å². The van der Waals surface area contributed by atoms with Gasteiger partial charge >= 0.3 is 0 Å². The molecule has 14 heavy (non-hydrogen) atoms. The van der Waals surface area contributed by atoms with Gasteiger partial charge in [0.25, 0.3) is 5.91 Å². The van der Waals surface area contributed by atoms with E-state index in [1.54, 1.807) is 35.0 Å². The van der Waals surface area contributed by atoms with Crippen molar-refractivity contribution in [2.75, 3.05) is 6.61 Å². The third kappa shape index (κ3) is 4.26. The molecule has 3 nitrogen and oxygen atoms in total. The molecule has 0 bridgehead atoms. The summed E-state index contributed by atoms with van der Waals surface area (Å²) in [5, 5.41) is 0.693. The van der Waals surface area contributed by atoms with E-state index in [4.69, 9.17) is 16.3 Å². The van der Waals surface area contributed by atoms with E-state index in [0.29, 0.717) is 11.6 Å². The normalized spacial score (nSPS) is 9.86. The molecule has 0 aliphatic heterocycles. The Kier molecular flexibility index (Phi) is 5.21. The molecule has 0 saturated heterocycles. The number of carbonyl (C=O) groups is 1. The molecule has 0 saturated carbocycles. The SMILES string of the molecule is O=C(COCc1ccc(Cl)cc1)NI. The van der Waals surface area contributed by atoms with E-state index in [1.807, 2.05) is 12.1 Å². The summed E-state index contributed by atoms with van der Waals surface area (Å²) in [6.07, 6.45) is 0. The van der Waals surface area contributed by atoms with Gasteiger partial charge in [0.2, 0.25) is 0 Å². The fourth-order valence-electron chi connectivity index (χ4n) is 0.869. The van der Waals surface area contributed by atoms with Gasteiger partial charge in [-0.25, -0.2) is 0 Å². The molecule has 1 N–H and O–H groups in total. The second kappa shape index (κ2) is 6.21. The maximum Gasteiger partial charge on any atom is 0.254 e. The van der Waals surface area contributed by atoms with Gasteiger partial charge < -0.3 is 4.74 Å². The van der Waals surface area contributed by atoms with Crippen molar-refractivity contribution >= 4 is 40.4 Å². The quantitative estimate of drug-likeness (QED) is 0.681. The molecule has 0 spiro atoms. The zero-order chi connectivity index (χ0) is 10.4. The first kappa shape index (κ1) is 11.7. The van der Waals surface area contributed by atoms with Crippen LogP contribution in [0.25, 0.3) is 0 Å². The number of hydrogen-bond donors (Lipinski definition) is 1. The standard InChI is InChI=1S/C9H9ClINO2/c10-8-3-1-7(2-4-8)5-14-6-9(13)12-11/h1-4H,5-6H2,(H,12,13). The van der Waals surface area contributed by atoms with Gasteiger partial charge in [-0.15, -0.1) is 0 Å². The number of rotatable bonds is 4. The molecule has 0 aliphatic carbocycles. The van der Waals surface area contributed by atoms with Crippen LogP contribution < -0.4 is 3.53 Å². The first-order valence-corrected chi connectivity index (χ1v) is 5.39. The molecular formula is C9H9ClINO2. The lowest BCUT2D eigenvalue weighted by atomic mass is 10.2. The van der Waals surface area contributed by atoms with Crippen LogP contribution in [0.2, 0.25) is 5.02 Å². The predicted molar refractivity (Wildman–Crippen MR) is 63.3 cm³/mol. The Morgan fingerprint density at radius 3 is 2.64 bits per heavy atom. The van der Waals surface area contributed by atoms with Crippen LogP contribution in [0.1, 0.15) is 5.56 Å². The van der Waals surface area contributed by atoms with E-state index in [0.717, 1.165) is 5.56 Å². The third-order valence-corrected chi connectivity index (χ3v) is 2.37. The summed E-state index contributed by atoms with van der Waals surface area (Å²) in [5.41, 5.74) is 0.996. The van der Waals surface area contributed by atoms with Gasteiger partial charge in [-0.2, -0.15) is 0 Å². The molecule has 0 heterocycles. The van der Waals surface area contributed by atoms with Crippen molar-refractivity contribution in [2.24, 2.45) is 0 Å². The van der Waals surface area contributed by atoms with E-state index in [9.17, 15) is 4.79 Å². The Balaban J connectivity index is 2.31. The summed E-state index contributed by atoms with van der Waals surface area (Å²) >= 11 is 7.49. The molecule has 0 aromatic heterocycles. The van der Waals surface area contributed by atoms with Gasteiger partial charge in [-0.3, -0.25) is 8.32 Å². The fraction of sp³-hybridized carbons (Fsp3) is 0.222. The summed E-state index contributed by atoms with van der Waals surface area (Å²) in [4.78, 5) is 10.8. The summed E-state index contributed by atoms with van der Waals surface area (Å²) in [5.74, 6) is -0.139. The van der Waals surface area contributed by atoms with Crippen LogP contribution in [-0.2, 0) is 16.1 Å². The first-order chi connectivity index (χ1) is 6.72. The van der Waals surface area contributed by atoms with Gasteiger partial charge in [0.15, 0.2) is 0 Å². The summed E-state index contributed by atoms with van der Waals surface area (Å²) < 4.78 is 7.60. The minimum absolute atomic E-state index is 0.0750. The Morgan fingerprint density at radius 2 is 2.07 bits per heavy atom. The Hall–Kier alpha value is -0.330. The van der Waals surface area contributed by atoms with Gasteiger partial charge in [0, 0.05) is 5.02 Å². The van der Waals surface area contributed by atoms with Crippen LogP contribution in [0.5, 0.6) is 0 Å². The number of nitrogens with one attached hydrogen (secondary N) is 1. The molecule has 1 amide bonds.